The van der Waals surface area contributed by atoms with Crippen LogP contribution in [0.1, 0.15) is 36.5 Å². The minimum atomic E-state index is -0.239. The van der Waals surface area contributed by atoms with Crippen molar-refractivity contribution in [3.05, 3.63) is 42.0 Å². The van der Waals surface area contributed by atoms with E-state index in [4.69, 9.17) is 4.74 Å². The zero-order valence-electron chi connectivity index (χ0n) is 14.5. The monoisotopic (exact) mass is 368 g/mol. The van der Waals surface area contributed by atoms with Gasteiger partial charge in [0.15, 0.2) is 0 Å². The maximum atomic E-state index is 12.9. The van der Waals surface area contributed by atoms with Gasteiger partial charge in [-0.1, -0.05) is 41.7 Å². The molecule has 2 N–H and O–H groups in total. The molecule has 0 spiro atoms. The Morgan fingerprint density at radius 3 is 2.77 bits per heavy atom. The maximum absolute atomic E-state index is 12.9. The van der Waals surface area contributed by atoms with Gasteiger partial charge in [0.1, 0.15) is 5.75 Å². The minimum absolute atomic E-state index is 0.239. The van der Waals surface area contributed by atoms with Crippen molar-refractivity contribution in [3.8, 4) is 5.75 Å². The Labute approximate surface area is 155 Å². The lowest BCUT2D eigenvalue weighted by Gasteiger charge is -2.25. The molecule has 1 saturated carbocycles. The SMILES string of the molecule is CCOc1ccc2ccccc2c1C(=O)Nc1nnc(NC2CCC2)s1. The van der Waals surface area contributed by atoms with Crippen LogP contribution in [0.3, 0.4) is 0 Å². The van der Waals surface area contributed by atoms with Crippen LogP contribution in [0.5, 0.6) is 5.75 Å². The number of nitrogens with zero attached hydrogens (tertiary/aromatic N) is 2. The molecule has 0 unspecified atom stereocenters. The molecular formula is C19H20N4O2S. The van der Waals surface area contributed by atoms with Gasteiger partial charge in [0.2, 0.25) is 10.3 Å². The van der Waals surface area contributed by atoms with Crippen LogP contribution in [-0.4, -0.2) is 28.8 Å². The van der Waals surface area contributed by atoms with Crippen LogP contribution in [0.15, 0.2) is 36.4 Å². The molecule has 0 atom stereocenters. The second kappa shape index (κ2) is 7.29. The highest BCUT2D eigenvalue weighted by Gasteiger charge is 2.21. The third-order valence-corrected chi connectivity index (χ3v) is 5.27. The summed E-state index contributed by atoms with van der Waals surface area (Å²) < 4.78 is 5.68. The molecule has 1 amide bonds. The fourth-order valence-corrected chi connectivity index (χ4v) is 3.70. The number of carbonyl (C=O) groups excluding carboxylic acids is 1. The van der Waals surface area contributed by atoms with Crippen LogP contribution in [-0.2, 0) is 0 Å². The van der Waals surface area contributed by atoms with Crippen LogP contribution in [0.2, 0.25) is 0 Å². The summed E-state index contributed by atoms with van der Waals surface area (Å²) in [7, 11) is 0. The van der Waals surface area contributed by atoms with E-state index in [-0.39, 0.29) is 5.91 Å². The molecule has 4 rings (SSSR count). The molecule has 1 aliphatic rings. The Morgan fingerprint density at radius 1 is 1.19 bits per heavy atom. The Balaban J connectivity index is 1.60. The molecule has 1 aromatic heterocycles. The number of fused-ring (bicyclic) bond motifs is 1. The van der Waals surface area contributed by atoms with Gasteiger partial charge < -0.3 is 10.1 Å². The number of ether oxygens (including phenoxy) is 1. The molecule has 0 radical (unpaired) electrons. The number of amides is 1. The van der Waals surface area contributed by atoms with E-state index in [1.807, 2.05) is 43.3 Å². The Hall–Kier alpha value is -2.67. The highest BCUT2D eigenvalue weighted by molar-refractivity contribution is 7.19. The fraction of sp³-hybridized carbons (Fsp3) is 0.316. The number of rotatable bonds is 6. The summed E-state index contributed by atoms with van der Waals surface area (Å²) in [6, 6.07) is 12.1. The van der Waals surface area contributed by atoms with Crippen molar-refractivity contribution in [1.29, 1.82) is 0 Å². The number of nitrogens with one attached hydrogen (secondary N) is 2. The van der Waals surface area contributed by atoms with Crippen molar-refractivity contribution in [2.24, 2.45) is 0 Å². The van der Waals surface area contributed by atoms with E-state index >= 15 is 0 Å². The first-order valence-corrected chi connectivity index (χ1v) is 9.62. The third kappa shape index (κ3) is 3.35. The van der Waals surface area contributed by atoms with Gasteiger partial charge in [0.05, 0.1) is 12.2 Å². The Kier molecular flexibility index (Phi) is 4.71. The molecule has 1 fully saturated rings. The van der Waals surface area contributed by atoms with E-state index in [1.165, 1.54) is 17.8 Å². The van der Waals surface area contributed by atoms with Crippen molar-refractivity contribution >= 4 is 38.3 Å². The summed E-state index contributed by atoms with van der Waals surface area (Å²) in [5.74, 6) is 0.331. The van der Waals surface area contributed by atoms with E-state index < -0.39 is 0 Å². The minimum Gasteiger partial charge on any atom is -0.493 e. The van der Waals surface area contributed by atoms with Gasteiger partial charge in [-0.2, -0.15) is 0 Å². The van der Waals surface area contributed by atoms with Crippen LogP contribution in [0, 0.1) is 0 Å². The summed E-state index contributed by atoms with van der Waals surface area (Å²) in [6.45, 7) is 2.40. The molecular weight excluding hydrogens is 348 g/mol. The fourth-order valence-electron chi connectivity index (χ4n) is 2.98. The van der Waals surface area contributed by atoms with Gasteiger partial charge in [-0.3, -0.25) is 10.1 Å². The Bertz CT molecular complexity index is 936. The molecule has 1 aliphatic carbocycles. The average molecular weight is 368 g/mol. The van der Waals surface area contributed by atoms with Gasteiger partial charge >= 0.3 is 0 Å². The number of aromatic nitrogens is 2. The molecule has 3 aromatic rings. The number of hydrogen-bond donors (Lipinski definition) is 2. The first kappa shape index (κ1) is 16.8. The van der Waals surface area contributed by atoms with Gasteiger partial charge in [0, 0.05) is 6.04 Å². The van der Waals surface area contributed by atoms with Crippen LogP contribution >= 0.6 is 11.3 Å². The number of anilines is 2. The summed E-state index contributed by atoms with van der Waals surface area (Å²) in [5, 5.41) is 17.5. The van der Waals surface area contributed by atoms with Gasteiger partial charge in [-0.25, -0.2) is 0 Å². The second-order valence-electron chi connectivity index (χ2n) is 6.23. The topological polar surface area (TPSA) is 76.1 Å². The molecule has 7 heteroatoms. The summed E-state index contributed by atoms with van der Waals surface area (Å²) in [4.78, 5) is 12.9. The molecule has 0 aliphatic heterocycles. The molecule has 6 nitrogen and oxygen atoms in total. The van der Waals surface area contributed by atoms with E-state index in [2.05, 4.69) is 20.8 Å². The van der Waals surface area contributed by atoms with Gasteiger partial charge in [-0.05, 0) is 43.0 Å². The second-order valence-corrected chi connectivity index (χ2v) is 7.21. The number of hydrogen-bond acceptors (Lipinski definition) is 6. The van der Waals surface area contributed by atoms with E-state index in [1.54, 1.807) is 0 Å². The zero-order valence-corrected chi connectivity index (χ0v) is 15.3. The first-order valence-electron chi connectivity index (χ1n) is 8.80. The van der Waals surface area contributed by atoms with E-state index in [9.17, 15) is 4.79 Å². The predicted octanol–water partition coefficient (Wildman–Crippen LogP) is 4.31. The Morgan fingerprint density at radius 2 is 2.00 bits per heavy atom. The first-order chi connectivity index (χ1) is 12.7. The molecule has 26 heavy (non-hydrogen) atoms. The number of benzene rings is 2. The summed E-state index contributed by atoms with van der Waals surface area (Å²) >= 11 is 1.35. The van der Waals surface area contributed by atoms with Gasteiger partial charge in [0.25, 0.3) is 5.91 Å². The van der Waals surface area contributed by atoms with Crippen molar-refractivity contribution < 1.29 is 9.53 Å². The van der Waals surface area contributed by atoms with E-state index in [0.717, 1.165) is 28.7 Å². The summed E-state index contributed by atoms with van der Waals surface area (Å²) in [5.41, 5.74) is 0.522. The van der Waals surface area contributed by atoms with Crippen LogP contribution in [0.4, 0.5) is 10.3 Å². The molecule has 134 valence electrons. The highest BCUT2D eigenvalue weighted by Crippen LogP contribution is 2.31. The standard InChI is InChI=1S/C19H20N4O2S/c1-2-25-15-11-10-12-6-3-4-9-14(12)16(15)17(24)21-19-23-22-18(26-19)20-13-7-5-8-13/h3-4,6,9-11,13H,2,5,7-8H2,1H3,(H,20,22)(H,21,23,24). The molecule has 0 bridgehead atoms. The smallest absolute Gasteiger partial charge is 0.261 e. The summed E-state index contributed by atoms with van der Waals surface area (Å²) in [6.07, 6.45) is 3.57. The van der Waals surface area contributed by atoms with E-state index in [0.29, 0.717) is 29.1 Å². The lowest BCUT2D eigenvalue weighted by molar-refractivity contribution is 0.102. The predicted molar refractivity (Wildman–Crippen MR) is 104 cm³/mol. The average Bonchev–Trinajstić information content (AvgIpc) is 3.05. The highest BCUT2D eigenvalue weighted by atomic mass is 32.1. The van der Waals surface area contributed by atoms with Crippen molar-refractivity contribution in [3.63, 3.8) is 0 Å². The lowest BCUT2D eigenvalue weighted by atomic mass is 9.93. The number of carbonyl (C=O) groups is 1. The quantitative estimate of drug-likeness (QED) is 0.678. The van der Waals surface area contributed by atoms with Crippen molar-refractivity contribution in [2.75, 3.05) is 17.2 Å². The maximum Gasteiger partial charge on any atom is 0.261 e. The van der Waals surface area contributed by atoms with Crippen LogP contribution in [0.25, 0.3) is 10.8 Å². The third-order valence-electron chi connectivity index (χ3n) is 4.50. The van der Waals surface area contributed by atoms with Crippen molar-refractivity contribution in [1.82, 2.24) is 10.2 Å². The zero-order chi connectivity index (χ0) is 17.9. The van der Waals surface area contributed by atoms with Crippen molar-refractivity contribution in [2.45, 2.75) is 32.2 Å². The lowest BCUT2D eigenvalue weighted by Crippen LogP contribution is -2.26. The largest absolute Gasteiger partial charge is 0.493 e. The normalized spacial score (nSPS) is 14.0. The molecule has 0 saturated heterocycles. The van der Waals surface area contributed by atoms with Crippen LogP contribution < -0.4 is 15.4 Å². The van der Waals surface area contributed by atoms with Gasteiger partial charge in [-0.15, -0.1) is 10.2 Å². The molecule has 2 aromatic carbocycles. The molecule has 1 heterocycles.